The van der Waals surface area contributed by atoms with Crippen LogP contribution in [0.4, 0.5) is 14.6 Å². The van der Waals surface area contributed by atoms with Crippen LogP contribution in [0, 0.1) is 34.3 Å². The van der Waals surface area contributed by atoms with E-state index in [2.05, 4.69) is 11.2 Å². The molecule has 0 aliphatic carbocycles. The van der Waals surface area contributed by atoms with Crippen LogP contribution >= 0.6 is 0 Å². The van der Waals surface area contributed by atoms with E-state index in [1.165, 1.54) is 18.2 Å². The maximum atomic E-state index is 15.5. The number of benzene rings is 2. The molecule has 1 aliphatic rings. The standard InChI is InChI=1S/C26H21F2N7/c1-34-23-11-22(28)20(8-18(23)14-32-34)25-17(13-30)10-24(35-6-4-19(31)5-7-35)33-26(25)15-2-3-16(12-29)21(27)9-15/h2-3,8-11,14,19H,4-7,31H2,1H3. The van der Waals surface area contributed by atoms with E-state index < -0.39 is 11.6 Å². The Labute approximate surface area is 200 Å². The highest BCUT2D eigenvalue weighted by Crippen LogP contribution is 2.39. The average Bonchev–Trinajstić information content (AvgIpc) is 3.22. The topological polar surface area (TPSA) is 108 Å². The van der Waals surface area contributed by atoms with Crippen LogP contribution in [0.15, 0.2) is 42.6 Å². The molecule has 1 saturated heterocycles. The lowest BCUT2D eigenvalue weighted by Crippen LogP contribution is -2.40. The second-order valence-corrected chi connectivity index (χ2v) is 8.65. The Morgan fingerprint density at radius 1 is 1.00 bits per heavy atom. The SMILES string of the molecule is Cn1ncc2cc(-c3c(C#N)cc(N4CCC(N)CC4)nc3-c3ccc(C#N)c(F)c3)c(F)cc21. The molecule has 0 atom stereocenters. The van der Waals surface area contributed by atoms with Crippen molar-refractivity contribution in [3.63, 3.8) is 0 Å². The third-order valence-corrected chi connectivity index (χ3v) is 6.46. The highest BCUT2D eigenvalue weighted by molar-refractivity contribution is 5.92. The van der Waals surface area contributed by atoms with Crippen molar-refractivity contribution in [3.8, 4) is 34.5 Å². The first-order valence-electron chi connectivity index (χ1n) is 11.2. The van der Waals surface area contributed by atoms with Gasteiger partial charge in [-0.15, -0.1) is 0 Å². The number of nitrogens with two attached hydrogens (primary N) is 1. The summed E-state index contributed by atoms with van der Waals surface area (Å²) in [5.74, 6) is -0.722. The van der Waals surface area contributed by atoms with E-state index in [1.54, 1.807) is 42.2 Å². The Morgan fingerprint density at radius 2 is 1.74 bits per heavy atom. The highest BCUT2D eigenvalue weighted by Gasteiger charge is 2.24. The monoisotopic (exact) mass is 469 g/mol. The van der Waals surface area contributed by atoms with Crippen LogP contribution in [-0.2, 0) is 7.05 Å². The van der Waals surface area contributed by atoms with Gasteiger partial charge in [0.15, 0.2) is 0 Å². The van der Waals surface area contributed by atoms with Crippen molar-refractivity contribution in [2.75, 3.05) is 18.0 Å². The number of aryl methyl sites for hydroxylation is 1. The Balaban J connectivity index is 1.77. The molecule has 0 radical (unpaired) electrons. The number of halogens is 2. The highest BCUT2D eigenvalue weighted by atomic mass is 19.1. The smallest absolute Gasteiger partial charge is 0.141 e. The largest absolute Gasteiger partial charge is 0.356 e. The van der Waals surface area contributed by atoms with Gasteiger partial charge in [0, 0.05) is 54.3 Å². The summed E-state index contributed by atoms with van der Waals surface area (Å²) in [6.45, 7) is 1.32. The Morgan fingerprint density at radius 3 is 2.43 bits per heavy atom. The number of hydrogen-bond acceptors (Lipinski definition) is 6. The second kappa shape index (κ2) is 8.79. The minimum absolute atomic E-state index is 0.105. The summed E-state index contributed by atoms with van der Waals surface area (Å²) < 4.78 is 31.6. The maximum Gasteiger partial charge on any atom is 0.141 e. The molecule has 2 aromatic heterocycles. The van der Waals surface area contributed by atoms with E-state index in [9.17, 15) is 9.65 Å². The molecule has 2 N–H and O–H groups in total. The summed E-state index contributed by atoms with van der Waals surface area (Å²) in [4.78, 5) is 6.82. The van der Waals surface area contributed by atoms with Gasteiger partial charge in [-0.3, -0.25) is 4.68 Å². The molecule has 0 saturated carbocycles. The predicted molar refractivity (Wildman–Crippen MR) is 128 cm³/mol. The van der Waals surface area contributed by atoms with E-state index in [0.29, 0.717) is 35.4 Å². The first-order valence-corrected chi connectivity index (χ1v) is 11.2. The van der Waals surface area contributed by atoms with Gasteiger partial charge in [-0.25, -0.2) is 13.8 Å². The fourth-order valence-corrected chi connectivity index (χ4v) is 4.51. The Bertz CT molecular complexity index is 1540. The molecule has 1 aliphatic heterocycles. The van der Waals surface area contributed by atoms with E-state index >= 15 is 4.39 Å². The van der Waals surface area contributed by atoms with E-state index in [4.69, 9.17) is 16.0 Å². The third-order valence-electron chi connectivity index (χ3n) is 6.46. The third kappa shape index (κ3) is 3.96. The lowest BCUT2D eigenvalue weighted by molar-refractivity contribution is 0.499. The molecule has 1 fully saturated rings. The molecular weight excluding hydrogens is 448 g/mol. The van der Waals surface area contributed by atoms with Crippen molar-refractivity contribution in [2.24, 2.45) is 12.8 Å². The van der Waals surface area contributed by atoms with Gasteiger partial charge in [-0.2, -0.15) is 15.6 Å². The van der Waals surface area contributed by atoms with Gasteiger partial charge >= 0.3 is 0 Å². The maximum absolute atomic E-state index is 15.5. The lowest BCUT2D eigenvalue weighted by Gasteiger charge is -2.31. The van der Waals surface area contributed by atoms with Gasteiger partial charge in [-0.1, -0.05) is 6.07 Å². The zero-order chi connectivity index (χ0) is 24.7. The van der Waals surface area contributed by atoms with Crippen molar-refractivity contribution in [2.45, 2.75) is 18.9 Å². The van der Waals surface area contributed by atoms with Gasteiger partial charge < -0.3 is 10.6 Å². The minimum Gasteiger partial charge on any atom is -0.356 e. The summed E-state index contributed by atoms with van der Waals surface area (Å²) in [7, 11) is 1.72. The van der Waals surface area contributed by atoms with E-state index in [1.807, 2.05) is 4.90 Å². The number of rotatable bonds is 3. The Hall–Kier alpha value is -4.34. The van der Waals surface area contributed by atoms with Gasteiger partial charge in [0.25, 0.3) is 0 Å². The summed E-state index contributed by atoms with van der Waals surface area (Å²) in [5.41, 5.74) is 7.78. The summed E-state index contributed by atoms with van der Waals surface area (Å²) in [5, 5.41) is 24.1. The molecule has 4 aromatic rings. The Kier molecular flexibility index (Phi) is 5.64. The molecular formula is C26H21F2N7. The van der Waals surface area contributed by atoms with Crippen molar-refractivity contribution in [3.05, 3.63) is 65.4 Å². The van der Waals surface area contributed by atoms with Gasteiger partial charge in [0.2, 0.25) is 0 Å². The quantitative estimate of drug-likeness (QED) is 0.481. The van der Waals surface area contributed by atoms with Crippen molar-refractivity contribution in [1.82, 2.24) is 14.8 Å². The van der Waals surface area contributed by atoms with Crippen LogP contribution in [0.3, 0.4) is 0 Å². The minimum atomic E-state index is -0.714. The number of hydrogen-bond donors (Lipinski definition) is 1. The van der Waals surface area contributed by atoms with Gasteiger partial charge in [0.1, 0.15) is 23.5 Å². The van der Waals surface area contributed by atoms with Crippen LogP contribution in [0.5, 0.6) is 0 Å². The predicted octanol–water partition coefficient (Wildman–Crippen LogP) is 4.25. The first-order chi connectivity index (χ1) is 16.9. The van der Waals surface area contributed by atoms with Crippen LogP contribution in [-0.4, -0.2) is 33.9 Å². The van der Waals surface area contributed by atoms with Crippen LogP contribution < -0.4 is 10.6 Å². The first kappa shape index (κ1) is 22.5. The van der Waals surface area contributed by atoms with E-state index in [-0.39, 0.29) is 34.0 Å². The number of pyridine rings is 1. The molecule has 0 unspecified atom stereocenters. The fourth-order valence-electron chi connectivity index (χ4n) is 4.51. The van der Waals surface area contributed by atoms with Crippen molar-refractivity contribution >= 4 is 16.7 Å². The zero-order valence-corrected chi connectivity index (χ0v) is 19.0. The molecule has 0 amide bonds. The normalized spacial score (nSPS) is 14.2. The van der Waals surface area contributed by atoms with Gasteiger partial charge in [-0.05, 0) is 37.1 Å². The number of piperidine rings is 1. The fraction of sp³-hybridized carbons (Fsp3) is 0.231. The second-order valence-electron chi connectivity index (χ2n) is 8.65. The number of anilines is 1. The lowest BCUT2D eigenvalue weighted by atomic mass is 9.93. The number of nitrogens with zero attached hydrogens (tertiary/aromatic N) is 6. The zero-order valence-electron chi connectivity index (χ0n) is 19.0. The van der Waals surface area contributed by atoms with Crippen LogP contribution in [0.1, 0.15) is 24.0 Å². The molecule has 35 heavy (non-hydrogen) atoms. The summed E-state index contributed by atoms with van der Waals surface area (Å²) in [6.07, 6.45) is 3.17. The summed E-state index contributed by atoms with van der Waals surface area (Å²) >= 11 is 0. The summed E-state index contributed by atoms with van der Waals surface area (Å²) in [6, 6.07) is 12.8. The molecule has 0 spiro atoms. The average molecular weight is 469 g/mol. The number of nitriles is 2. The van der Waals surface area contributed by atoms with E-state index in [0.717, 1.165) is 12.8 Å². The van der Waals surface area contributed by atoms with Crippen LogP contribution in [0.25, 0.3) is 33.3 Å². The molecule has 174 valence electrons. The van der Waals surface area contributed by atoms with Crippen molar-refractivity contribution < 1.29 is 8.78 Å². The molecule has 2 aromatic carbocycles. The van der Waals surface area contributed by atoms with Crippen molar-refractivity contribution in [1.29, 1.82) is 10.5 Å². The molecule has 0 bridgehead atoms. The number of fused-ring (bicyclic) bond motifs is 1. The number of aromatic nitrogens is 3. The molecule has 7 nitrogen and oxygen atoms in total. The van der Waals surface area contributed by atoms with Crippen LogP contribution in [0.2, 0.25) is 0 Å². The molecule has 3 heterocycles. The molecule has 9 heteroatoms. The molecule has 5 rings (SSSR count). The van der Waals surface area contributed by atoms with Gasteiger partial charge in [0.05, 0.1) is 34.6 Å².